The summed E-state index contributed by atoms with van der Waals surface area (Å²) in [5, 5.41) is 14.0. The topological polar surface area (TPSA) is 95.2 Å². The van der Waals surface area contributed by atoms with Gasteiger partial charge >= 0.3 is 6.03 Å². The van der Waals surface area contributed by atoms with E-state index < -0.39 is 0 Å². The fraction of sp³-hybridized carbons (Fsp3) is 0.350. The molecule has 3 aromatic rings. The summed E-state index contributed by atoms with van der Waals surface area (Å²) in [5.41, 5.74) is 1.73. The lowest BCUT2D eigenvalue weighted by Crippen LogP contribution is -2.61. The fourth-order valence-corrected chi connectivity index (χ4v) is 3.42. The first kappa shape index (κ1) is 18.2. The van der Waals surface area contributed by atoms with Gasteiger partial charge in [0.25, 0.3) is 0 Å². The van der Waals surface area contributed by atoms with E-state index in [0.29, 0.717) is 5.82 Å². The van der Waals surface area contributed by atoms with Crippen molar-refractivity contribution in [2.24, 2.45) is 0 Å². The Balaban J connectivity index is 1.42. The Morgan fingerprint density at radius 1 is 1.32 bits per heavy atom. The molecule has 146 valence electrons. The summed E-state index contributed by atoms with van der Waals surface area (Å²) in [6, 6.07) is 11.2. The number of urea groups is 1. The number of hydrogen-bond donors (Lipinski definition) is 3. The summed E-state index contributed by atoms with van der Waals surface area (Å²) in [7, 11) is 1.73. The molecule has 2 aromatic heterocycles. The minimum absolute atomic E-state index is 0.106. The van der Waals surface area contributed by atoms with Crippen molar-refractivity contribution >= 4 is 28.6 Å². The number of methoxy groups -OCH3 is 1. The van der Waals surface area contributed by atoms with E-state index in [9.17, 15) is 4.79 Å². The molecular weight excluding hydrogens is 356 g/mol. The van der Waals surface area contributed by atoms with E-state index >= 15 is 0 Å². The van der Waals surface area contributed by atoms with E-state index in [2.05, 4.69) is 37.6 Å². The van der Waals surface area contributed by atoms with Gasteiger partial charge in [0.05, 0.1) is 35.6 Å². The monoisotopic (exact) mass is 380 g/mol. The first-order chi connectivity index (χ1) is 13.5. The number of H-pyrrole nitrogens is 1. The highest BCUT2D eigenvalue weighted by Gasteiger charge is 2.40. The van der Waals surface area contributed by atoms with Crippen molar-refractivity contribution < 1.29 is 9.53 Å². The number of pyridine rings is 1. The maximum absolute atomic E-state index is 12.3. The van der Waals surface area contributed by atoms with Crippen LogP contribution in [0.5, 0.6) is 0 Å². The lowest BCUT2D eigenvalue weighted by molar-refractivity contribution is -0.0170. The number of carbonyl (C=O) groups excluding carboxylic acids is 1. The van der Waals surface area contributed by atoms with Gasteiger partial charge in [0.15, 0.2) is 5.82 Å². The molecule has 8 nitrogen and oxygen atoms in total. The number of benzene rings is 1. The van der Waals surface area contributed by atoms with Crippen molar-refractivity contribution in [3.63, 3.8) is 0 Å². The Hall–Kier alpha value is -3.13. The van der Waals surface area contributed by atoms with Crippen LogP contribution in [0.1, 0.15) is 25.5 Å². The van der Waals surface area contributed by atoms with E-state index in [0.717, 1.165) is 35.4 Å². The Labute approximate surface area is 163 Å². The van der Waals surface area contributed by atoms with Crippen LogP contribution in [-0.2, 0) is 4.74 Å². The number of amides is 2. The second-order valence-electron chi connectivity index (χ2n) is 7.40. The van der Waals surface area contributed by atoms with Crippen molar-refractivity contribution in [1.82, 2.24) is 20.5 Å². The molecule has 1 saturated heterocycles. The molecule has 8 heteroatoms. The number of nitrogens with zero attached hydrogens (tertiary/aromatic N) is 3. The van der Waals surface area contributed by atoms with Crippen LogP contribution in [0.15, 0.2) is 42.6 Å². The Bertz CT molecular complexity index is 981. The molecule has 3 N–H and O–H groups in total. The number of anilines is 2. The number of ether oxygens (including phenoxy) is 1. The predicted molar refractivity (Wildman–Crippen MR) is 109 cm³/mol. The van der Waals surface area contributed by atoms with Crippen LogP contribution in [0.3, 0.4) is 0 Å². The summed E-state index contributed by atoms with van der Waals surface area (Å²) in [5.74, 6) is 1.32. The van der Waals surface area contributed by atoms with E-state index in [4.69, 9.17) is 4.74 Å². The molecule has 3 heterocycles. The number of nitrogens with one attached hydrogen (secondary N) is 3. The second-order valence-corrected chi connectivity index (χ2v) is 7.40. The van der Waals surface area contributed by atoms with Crippen LogP contribution in [0, 0.1) is 0 Å². The molecule has 1 unspecified atom stereocenters. The standard InChI is InChI=1S/C20H24N6O2/c1-13(14-7-5-4-6-8-14)22-19(27)23-17-9-16-15(10-21-17)18(25-24-16)26-11-20(2,12-26)28-3/h4-10,13H,11-12H2,1-3H3,(H,24,25)(H2,21,22,23,27). The lowest BCUT2D eigenvalue weighted by atomic mass is 9.96. The van der Waals surface area contributed by atoms with Crippen LogP contribution in [0.4, 0.5) is 16.4 Å². The summed E-state index contributed by atoms with van der Waals surface area (Å²) in [6.07, 6.45) is 1.73. The highest BCUT2D eigenvalue weighted by molar-refractivity contribution is 5.94. The minimum atomic E-state index is -0.304. The van der Waals surface area contributed by atoms with Crippen LogP contribution in [0.2, 0.25) is 0 Å². The molecule has 0 saturated carbocycles. The van der Waals surface area contributed by atoms with Crippen LogP contribution >= 0.6 is 0 Å². The average molecular weight is 380 g/mol. The van der Waals surface area contributed by atoms with Gasteiger partial charge in [-0.25, -0.2) is 9.78 Å². The van der Waals surface area contributed by atoms with Gasteiger partial charge < -0.3 is 15.0 Å². The zero-order valence-corrected chi connectivity index (χ0v) is 16.2. The maximum atomic E-state index is 12.3. The third-order valence-electron chi connectivity index (χ3n) is 5.16. The van der Waals surface area contributed by atoms with E-state index in [1.807, 2.05) is 37.3 Å². The van der Waals surface area contributed by atoms with Gasteiger partial charge in [-0.15, -0.1) is 0 Å². The highest BCUT2D eigenvalue weighted by atomic mass is 16.5. The first-order valence-electron chi connectivity index (χ1n) is 9.24. The Morgan fingerprint density at radius 2 is 2.07 bits per heavy atom. The largest absolute Gasteiger partial charge is 0.375 e. The summed E-state index contributed by atoms with van der Waals surface area (Å²) >= 11 is 0. The van der Waals surface area contributed by atoms with Crippen LogP contribution in [-0.4, -0.2) is 47.0 Å². The lowest BCUT2D eigenvalue weighted by Gasteiger charge is -2.47. The molecule has 1 atom stereocenters. The molecule has 2 amide bonds. The van der Waals surface area contributed by atoms with Crippen LogP contribution in [0.25, 0.3) is 10.9 Å². The molecular formula is C20H24N6O2. The molecule has 4 rings (SSSR count). The van der Waals surface area contributed by atoms with Gasteiger partial charge in [-0.1, -0.05) is 30.3 Å². The predicted octanol–water partition coefficient (Wildman–Crippen LogP) is 3.07. The maximum Gasteiger partial charge on any atom is 0.320 e. The smallest absolute Gasteiger partial charge is 0.320 e. The van der Waals surface area contributed by atoms with Gasteiger partial charge in [-0.3, -0.25) is 10.4 Å². The van der Waals surface area contributed by atoms with E-state index in [-0.39, 0.29) is 17.7 Å². The number of aromatic amines is 1. The zero-order valence-electron chi connectivity index (χ0n) is 16.2. The molecule has 0 spiro atoms. The van der Waals surface area contributed by atoms with Gasteiger partial charge in [0, 0.05) is 19.4 Å². The van der Waals surface area contributed by atoms with E-state index in [1.54, 1.807) is 19.4 Å². The third-order valence-corrected chi connectivity index (χ3v) is 5.16. The number of hydrogen-bond acceptors (Lipinski definition) is 5. The Morgan fingerprint density at radius 3 is 2.79 bits per heavy atom. The van der Waals surface area contributed by atoms with Crippen molar-refractivity contribution in [2.75, 3.05) is 30.4 Å². The Kier molecular flexibility index (Phi) is 4.64. The first-order valence-corrected chi connectivity index (χ1v) is 9.24. The van der Waals surface area contributed by atoms with Gasteiger partial charge in [-0.2, -0.15) is 5.10 Å². The van der Waals surface area contributed by atoms with Gasteiger partial charge in [0.2, 0.25) is 0 Å². The molecule has 1 fully saturated rings. The normalized spacial score (nSPS) is 16.5. The number of carbonyl (C=O) groups is 1. The van der Waals surface area contributed by atoms with E-state index in [1.165, 1.54) is 0 Å². The van der Waals surface area contributed by atoms with Crippen molar-refractivity contribution in [1.29, 1.82) is 0 Å². The molecule has 1 aromatic carbocycles. The average Bonchev–Trinajstić information content (AvgIpc) is 3.09. The third kappa shape index (κ3) is 3.50. The molecule has 0 bridgehead atoms. The van der Waals surface area contributed by atoms with Gasteiger partial charge in [-0.05, 0) is 19.4 Å². The van der Waals surface area contributed by atoms with Crippen molar-refractivity contribution in [2.45, 2.75) is 25.5 Å². The molecule has 0 radical (unpaired) electrons. The molecule has 0 aliphatic carbocycles. The summed E-state index contributed by atoms with van der Waals surface area (Å²) < 4.78 is 5.49. The van der Waals surface area contributed by atoms with Crippen molar-refractivity contribution in [3.8, 4) is 0 Å². The fourth-order valence-electron chi connectivity index (χ4n) is 3.42. The van der Waals surface area contributed by atoms with Crippen LogP contribution < -0.4 is 15.5 Å². The van der Waals surface area contributed by atoms with Gasteiger partial charge in [0.1, 0.15) is 5.82 Å². The number of rotatable bonds is 5. The summed E-state index contributed by atoms with van der Waals surface area (Å²) in [4.78, 5) is 18.8. The summed E-state index contributed by atoms with van der Waals surface area (Å²) in [6.45, 7) is 5.58. The SMILES string of the molecule is COC1(C)CN(c2n[nH]c3cc(NC(=O)NC(C)c4ccccc4)ncc23)C1. The molecule has 1 aliphatic rings. The molecule has 1 aliphatic heterocycles. The number of aromatic nitrogens is 3. The van der Waals surface area contributed by atoms with Crippen molar-refractivity contribution in [3.05, 3.63) is 48.2 Å². The molecule has 28 heavy (non-hydrogen) atoms. The highest BCUT2D eigenvalue weighted by Crippen LogP contribution is 2.33. The quantitative estimate of drug-likeness (QED) is 0.632. The second kappa shape index (κ2) is 7.12. The number of fused-ring (bicyclic) bond motifs is 1. The minimum Gasteiger partial charge on any atom is -0.375 e. The zero-order chi connectivity index (χ0) is 19.7.